The number of amides is 2. The maximum absolute atomic E-state index is 13.9. The molecule has 0 aliphatic heterocycles. The van der Waals surface area contributed by atoms with E-state index < -0.39 is 21.9 Å². The summed E-state index contributed by atoms with van der Waals surface area (Å²) in [4.78, 5) is 33.5. The van der Waals surface area contributed by atoms with E-state index in [9.17, 15) is 22.4 Å². The summed E-state index contributed by atoms with van der Waals surface area (Å²) in [6.07, 6.45) is 2.35. The molecule has 3 aromatic carbocycles. The van der Waals surface area contributed by atoms with E-state index in [4.69, 9.17) is 0 Å². The molecule has 0 aliphatic rings. The first-order valence-corrected chi connectivity index (χ1v) is 15.6. The fourth-order valence-corrected chi connectivity index (χ4v) is 5.68. The quantitative estimate of drug-likeness (QED) is 0.222. The minimum absolute atomic E-state index is 0.0827. The zero-order valence-corrected chi connectivity index (χ0v) is 24.8. The van der Waals surface area contributed by atoms with E-state index in [0.29, 0.717) is 17.7 Å². The number of carbonyl (C=O) groups excluding carboxylic acids is 2. The molecular weight excluding hydrogens is 567 g/mol. The average molecular weight is 603 g/mol. The highest BCUT2D eigenvalue weighted by atomic mass is 32.2. The van der Waals surface area contributed by atoms with E-state index in [2.05, 4.69) is 15.0 Å². The van der Waals surface area contributed by atoms with Gasteiger partial charge in [0.25, 0.3) is 0 Å². The van der Waals surface area contributed by atoms with Crippen molar-refractivity contribution in [3.63, 3.8) is 0 Å². The summed E-state index contributed by atoms with van der Waals surface area (Å²) in [6, 6.07) is 26.3. The summed E-state index contributed by atoms with van der Waals surface area (Å²) in [5, 5.41) is 2.94. The predicted molar refractivity (Wildman–Crippen MR) is 163 cm³/mol. The summed E-state index contributed by atoms with van der Waals surface area (Å²) >= 11 is 0. The van der Waals surface area contributed by atoms with Gasteiger partial charge in [0.15, 0.2) is 0 Å². The minimum Gasteiger partial charge on any atom is -0.349 e. The van der Waals surface area contributed by atoms with Crippen molar-refractivity contribution in [2.45, 2.75) is 50.2 Å². The lowest BCUT2D eigenvalue weighted by molar-refractivity contribution is -0.141. The third kappa shape index (κ3) is 9.29. The van der Waals surface area contributed by atoms with Crippen LogP contribution in [-0.4, -0.2) is 42.7 Å². The molecule has 224 valence electrons. The highest BCUT2D eigenvalue weighted by molar-refractivity contribution is 7.89. The van der Waals surface area contributed by atoms with E-state index in [1.165, 1.54) is 29.2 Å². The maximum Gasteiger partial charge on any atom is 0.243 e. The van der Waals surface area contributed by atoms with E-state index in [1.807, 2.05) is 42.5 Å². The molecule has 1 aromatic heterocycles. The van der Waals surface area contributed by atoms with Crippen molar-refractivity contribution in [2.24, 2.45) is 0 Å². The van der Waals surface area contributed by atoms with Gasteiger partial charge in [0, 0.05) is 32.1 Å². The van der Waals surface area contributed by atoms with Crippen LogP contribution in [0.1, 0.15) is 35.7 Å². The van der Waals surface area contributed by atoms with Crippen molar-refractivity contribution < 1.29 is 22.4 Å². The van der Waals surface area contributed by atoms with E-state index in [1.54, 1.807) is 43.5 Å². The van der Waals surface area contributed by atoms with Gasteiger partial charge in [-0.1, -0.05) is 67.6 Å². The predicted octanol–water partition coefficient (Wildman–Crippen LogP) is 4.41. The lowest BCUT2D eigenvalue weighted by atomic mass is 10.0. The third-order valence-electron chi connectivity index (χ3n) is 6.90. The first-order chi connectivity index (χ1) is 20.7. The Hall–Kier alpha value is -4.41. The van der Waals surface area contributed by atoms with Crippen LogP contribution in [0.25, 0.3) is 0 Å². The van der Waals surface area contributed by atoms with Crippen LogP contribution in [0.2, 0.25) is 0 Å². The Morgan fingerprint density at radius 3 is 2.19 bits per heavy atom. The summed E-state index contributed by atoms with van der Waals surface area (Å²) in [7, 11) is -3.59. The molecule has 0 radical (unpaired) electrons. The lowest BCUT2D eigenvalue weighted by Crippen LogP contribution is -2.50. The first-order valence-electron chi connectivity index (χ1n) is 14.1. The molecule has 0 fully saturated rings. The Morgan fingerprint density at radius 1 is 0.860 bits per heavy atom. The molecule has 4 aromatic rings. The number of nitrogens with zero attached hydrogens (tertiary/aromatic N) is 2. The van der Waals surface area contributed by atoms with Crippen molar-refractivity contribution >= 4 is 21.8 Å². The van der Waals surface area contributed by atoms with Crippen LogP contribution in [0.4, 0.5) is 4.39 Å². The number of aromatic nitrogens is 1. The molecule has 10 heteroatoms. The molecule has 2 N–H and O–H groups in total. The number of hydrogen-bond donors (Lipinski definition) is 2. The van der Waals surface area contributed by atoms with Crippen molar-refractivity contribution in [1.29, 1.82) is 0 Å². The van der Waals surface area contributed by atoms with E-state index in [-0.39, 0.29) is 49.2 Å². The number of carbonyl (C=O) groups is 2. The summed E-state index contributed by atoms with van der Waals surface area (Å²) in [5.41, 5.74) is 3.04. The molecule has 8 nitrogen and oxygen atoms in total. The maximum atomic E-state index is 13.9. The molecule has 0 bridgehead atoms. The van der Waals surface area contributed by atoms with Gasteiger partial charge in [0.05, 0.1) is 17.1 Å². The van der Waals surface area contributed by atoms with E-state index >= 15 is 0 Å². The fourth-order valence-electron chi connectivity index (χ4n) is 4.64. The monoisotopic (exact) mass is 602 g/mol. The van der Waals surface area contributed by atoms with Crippen LogP contribution in [0.3, 0.4) is 0 Å². The zero-order chi connectivity index (χ0) is 30.7. The van der Waals surface area contributed by atoms with Crippen LogP contribution < -0.4 is 10.0 Å². The molecule has 4 rings (SSSR count). The van der Waals surface area contributed by atoms with Gasteiger partial charge >= 0.3 is 0 Å². The molecule has 1 unspecified atom stereocenters. The van der Waals surface area contributed by atoms with Crippen LogP contribution >= 0.6 is 0 Å². The minimum atomic E-state index is -3.59. The molecule has 0 aliphatic carbocycles. The number of aryl methyl sites for hydroxylation is 1. The Kier molecular flexibility index (Phi) is 11.1. The molecule has 0 saturated carbocycles. The SMILES string of the molecule is CCNS(=O)(=O)c1ccc(CCC(=O)N(Cc2ccc(F)cc2)C(Cc2ccccc2)C(=O)NCc2ccccn2)cc1. The summed E-state index contributed by atoms with van der Waals surface area (Å²) < 4.78 is 40.7. The fraction of sp³-hybridized carbons (Fsp3) is 0.242. The number of nitrogens with one attached hydrogen (secondary N) is 2. The molecule has 1 atom stereocenters. The van der Waals surface area contributed by atoms with Crippen LogP contribution in [0.5, 0.6) is 0 Å². The van der Waals surface area contributed by atoms with Gasteiger partial charge in [-0.2, -0.15) is 0 Å². The van der Waals surface area contributed by atoms with Crippen LogP contribution in [0.15, 0.2) is 108 Å². The van der Waals surface area contributed by atoms with Gasteiger partial charge in [0.1, 0.15) is 11.9 Å². The summed E-state index contributed by atoms with van der Waals surface area (Å²) in [6.45, 7) is 2.29. The van der Waals surface area contributed by atoms with Gasteiger partial charge < -0.3 is 10.2 Å². The Morgan fingerprint density at radius 2 is 1.53 bits per heavy atom. The van der Waals surface area contributed by atoms with E-state index in [0.717, 1.165) is 11.1 Å². The van der Waals surface area contributed by atoms with Crippen molar-refractivity contribution in [2.75, 3.05) is 6.54 Å². The zero-order valence-electron chi connectivity index (χ0n) is 23.9. The van der Waals surface area contributed by atoms with Gasteiger partial charge in [-0.15, -0.1) is 0 Å². The smallest absolute Gasteiger partial charge is 0.243 e. The van der Waals surface area contributed by atoms with Gasteiger partial charge in [-0.25, -0.2) is 17.5 Å². The third-order valence-corrected chi connectivity index (χ3v) is 8.46. The van der Waals surface area contributed by atoms with Crippen molar-refractivity contribution in [3.05, 3.63) is 131 Å². The van der Waals surface area contributed by atoms with Gasteiger partial charge in [0.2, 0.25) is 21.8 Å². The first kappa shape index (κ1) is 31.5. The number of rotatable bonds is 14. The molecule has 0 spiro atoms. The molecular formula is C33H35FN4O4S. The number of sulfonamides is 1. The number of hydrogen-bond acceptors (Lipinski definition) is 5. The normalized spacial score (nSPS) is 12.0. The lowest BCUT2D eigenvalue weighted by Gasteiger charge is -2.31. The summed E-state index contributed by atoms with van der Waals surface area (Å²) in [5.74, 6) is -0.985. The highest BCUT2D eigenvalue weighted by Crippen LogP contribution is 2.18. The molecule has 1 heterocycles. The van der Waals surface area contributed by atoms with Crippen LogP contribution in [-0.2, 0) is 45.5 Å². The Balaban J connectivity index is 1.58. The Bertz CT molecular complexity index is 1580. The van der Waals surface area contributed by atoms with Crippen LogP contribution in [0, 0.1) is 5.82 Å². The second-order valence-corrected chi connectivity index (χ2v) is 11.8. The topological polar surface area (TPSA) is 108 Å². The molecule has 0 saturated heterocycles. The molecule has 43 heavy (non-hydrogen) atoms. The molecule has 2 amide bonds. The number of pyridine rings is 1. The standard InChI is InChI=1S/C33H35FN4O4S/c1-2-37-43(41,42)30-18-13-25(14-19-30)15-20-32(39)38(24-27-11-16-28(34)17-12-27)31(22-26-8-4-3-5-9-26)33(40)36-23-29-10-6-7-21-35-29/h3-14,16-19,21,31,37H,2,15,20,22-24H2,1H3,(H,36,40). The van der Waals surface area contributed by atoms with Gasteiger partial charge in [-0.3, -0.25) is 14.6 Å². The number of benzene rings is 3. The highest BCUT2D eigenvalue weighted by Gasteiger charge is 2.30. The van der Waals surface area contributed by atoms with Crippen molar-refractivity contribution in [3.8, 4) is 0 Å². The average Bonchev–Trinajstić information content (AvgIpc) is 3.02. The largest absolute Gasteiger partial charge is 0.349 e. The number of halogens is 1. The second kappa shape index (κ2) is 15.2. The second-order valence-electron chi connectivity index (χ2n) is 10.0. The van der Waals surface area contributed by atoms with Crippen molar-refractivity contribution in [1.82, 2.24) is 19.9 Å². The Labute approximate surface area is 252 Å². The van der Waals surface area contributed by atoms with Gasteiger partial charge in [-0.05, 0) is 59.5 Å².